The van der Waals surface area contributed by atoms with E-state index in [9.17, 15) is 9.59 Å². The summed E-state index contributed by atoms with van der Waals surface area (Å²) in [6.07, 6.45) is 1.54. The average Bonchev–Trinajstić information content (AvgIpc) is 2.70. The molecule has 0 aliphatic heterocycles. The maximum Gasteiger partial charge on any atom is 0.227 e. The third-order valence-corrected chi connectivity index (χ3v) is 2.76. The third kappa shape index (κ3) is 5.03. The number of amides is 2. The van der Waals surface area contributed by atoms with Gasteiger partial charge in [0.1, 0.15) is 5.76 Å². The predicted molar refractivity (Wildman–Crippen MR) is 75.3 cm³/mol. The Morgan fingerprint density at radius 2 is 2.05 bits per heavy atom. The topological polar surface area (TPSA) is 84.2 Å². The molecular weight excluding hydrogens is 258 g/mol. The Balaban J connectivity index is 2.46. The Labute approximate surface area is 119 Å². The largest absolute Gasteiger partial charge is 0.444 e. The Kier molecular flexibility index (Phi) is 5.73. The second-order valence-electron chi connectivity index (χ2n) is 5.73. The highest BCUT2D eigenvalue weighted by Gasteiger charge is 2.23. The molecule has 6 heteroatoms. The number of hydrogen-bond donors (Lipinski definition) is 2. The van der Waals surface area contributed by atoms with Crippen LogP contribution in [0.4, 0.5) is 0 Å². The zero-order valence-corrected chi connectivity index (χ0v) is 12.6. The molecule has 6 nitrogen and oxygen atoms in total. The summed E-state index contributed by atoms with van der Waals surface area (Å²) in [5.41, 5.74) is 0.590. The molecule has 0 aliphatic rings. The molecule has 0 spiro atoms. The van der Waals surface area contributed by atoms with Gasteiger partial charge in [-0.1, -0.05) is 20.8 Å². The van der Waals surface area contributed by atoms with Gasteiger partial charge in [-0.05, 0) is 13.3 Å². The van der Waals surface area contributed by atoms with Gasteiger partial charge < -0.3 is 15.1 Å². The lowest BCUT2D eigenvalue weighted by Gasteiger charge is -2.12. The third-order valence-electron chi connectivity index (χ3n) is 2.76. The molecule has 0 unspecified atom stereocenters. The van der Waals surface area contributed by atoms with Gasteiger partial charge in [-0.25, -0.2) is 4.98 Å². The van der Waals surface area contributed by atoms with Crippen molar-refractivity contribution in [3.8, 4) is 0 Å². The van der Waals surface area contributed by atoms with Crippen molar-refractivity contribution < 1.29 is 14.0 Å². The number of oxazole rings is 1. The molecule has 0 saturated heterocycles. The van der Waals surface area contributed by atoms with E-state index in [0.29, 0.717) is 37.6 Å². The maximum absolute atomic E-state index is 11.8. The molecule has 2 N–H and O–H groups in total. The van der Waals surface area contributed by atoms with Crippen LogP contribution in [0.3, 0.4) is 0 Å². The van der Waals surface area contributed by atoms with Gasteiger partial charge in [0.15, 0.2) is 5.89 Å². The van der Waals surface area contributed by atoms with Gasteiger partial charge in [0, 0.05) is 18.5 Å². The Morgan fingerprint density at radius 1 is 1.35 bits per heavy atom. The minimum atomic E-state index is -0.167. The fourth-order valence-corrected chi connectivity index (χ4v) is 1.60. The SMILES string of the molecule is Cc1nc(C(C)(C)C)oc1CC(=O)NCCCNC=O. The molecule has 1 aromatic heterocycles. The second-order valence-corrected chi connectivity index (χ2v) is 5.73. The van der Waals surface area contributed by atoms with Crippen LogP contribution in [-0.2, 0) is 21.4 Å². The van der Waals surface area contributed by atoms with Crippen molar-refractivity contribution in [2.24, 2.45) is 0 Å². The zero-order chi connectivity index (χ0) is 15.2. The lowest BCUT2D eigenvalue weighted by atomic mass is 9.97. The fourth-order valence-electron chi connectivity index (χ4n) is 1.60. The Morgan fingerprint density at radius 3 is 2.60 bits per heavy atom. The Hall–Kier alpha value is -1.85. The van der Waals surface area contributed by atoms with Crippen LogP contribution in [-0.4, -0.2) is 30.4 Å². The first-order valence-corrected chi connectivity index (χ1v) is 6.75. The van der Waals surface area contributed by atoms with Crippen molar-refractivity contribution in [3.05, 3.63) is 17.3 Å². The average molecular weight is 281 g/mol. The molecule has 0 bridgehead atoms. The van der Waals surface area contributed by atoms with Crippen molar-refractivity contribution in [2.75, 3.05) is 13.1 Å². The van der Waals surface area contributed by atoms with Crippen LogP contribution in [0.5, 0.6) is 0 Å². The highest BCUT2D eigenvalue weighted by molar-refractivity contribution is 5.78. The van der Waals surface area contributed by atoms with E-state index >= 15 is 0 Å². The zero-order valence-electron chi connectivity index (χ0n) is 12.6. The van der Waals surface area contributed by atoms with Crippen molar-refractivity contribution in [1.29, 1.82) is 0 Å². The maximum atomic E-state index is 11.8. The first kappa shape index (κ1) is 16.2. The molecule has 1 aromatic rings. The van der Waals surface area contributed by atoms with Gasteiger partial charge >= 0.3 is 0 Å². The number of nitrogens with zero attached hydrogens (tertiary/aromatic N) is 1. The molecule has 2 amide bonds. The summed E-state index contributed by atoms with van der Waals surface area (Å²) in [5.74, 6) is 1.15. The number of rotatable bonds is 7. The summed E-state index contributed by atoms with van der Waals surface area (Å²) in [7, 11) is 0. The lowest BCUT2D eigenvalue weighted by Crippen LogP contribution is -2.28. The molecule has 0 radical (unpaired) electrons. The molecule has 1 rings (SSSR count). The number of nitrogens with one attached hydrogen (secondary N) is 2. The number of carbonyl (C=O) groups excluding carboxylic acids is 2. The molecule has 112 valence electrons. The minimum Gasteiger partial charge on any atom is -0.444 e. The van der Waals surface area contributed by atoms with Crippen LogP contribution >= 0.6 is 0 Å². The molecule has 0 aliphatic carbocycles. The molecule has 0 aromatic carbocycles. The normalized spacial score (nSPS) is 11.2. The summed E-state index contributed by atoms with van der Waals surface area (Å²) in [6, 6.07) is 0. The van der Waals surface area contributed by atoms with Gasteiger partial charge in [-0.3, -0.25) is 9.59 Å². The molecule has 20 heavy (non-hydrogen) atoms. The number of aryl methyl sites for hydroxylation is 1. The van der Waals surface area contributed by atoms with E-state index < -0.39 is 0 Å². The van der Waals surface area contributed by atoms with E-state index in [1.165, 1.54) is 0 Å². The van der Waals surface area contributed by atoms with Crippen molar-refractivity contribution in [1.82, 2.24) is 15.6 Å². The molecule has 1 heterocycles. The highest BCUT2D eigenvalue weighted by atomic mass is 16.4. The van der Waals surface area contributed by atoms with Crippen LogP contribution in [0.15, 0.2) is 4.42 Å². The van der Waals surface area contributed by atoms with Crippen molar-refractivity contribution >= 4 is 12.3 Å². The van der Waals surface area contributed by atoms with Gasteiger partial charge in [-0.15, -0.1) is 0 Å². The predicted octanol–water partition coefficient (Wildman–Crippen LogP) is 1.08. The van der Waals surface area contributed by atoms with Gasteiger partial charge in [0.25, 0.3) is 0 Å². The van der Waals surface area contributed by atoms with E-state index in [1.54, 1.807) is 0 Å². The van der Waals surface area contributed by atoms with Gasteiger partial charge in [0.2, 0.25) is 12.3 Å². The van der Waals surface area contributed by atoms with Gasteiger partial charge in [0.05, 0.1) is 12.1 Å². The van der Waals surface area contributed by atoms with E-state index in [-0.39, 0.29) is 17.7 Å². The molecule has 0 fully saturated rings. The summed E-state index contributed by atoms with van der Waals surface area (Å²) in [6.45, 7) is 8.97. The minimum absolute atomic E-state index is 0.101. The van der Waals surface area contributed by atoms with Crippen LogP contribution in [0.25, 0.3) is 0 Å². The summed E-state index contributed by atoms with van der Waals surface area (Å²) in [4.78, 5) is 26.2. The Bertz CT molecular complexity index is 461. The number of hydrogen-bond acceptors (Lipinski definition) is 4. The summed E-state index contributed by atoms with van der Waals surface area (Å²) in [5, 5.41) is 5.32. The van der Waals surface area contributed by atoms with E-state index in [1.807, 2.05) is 27.7 Å². The van der Waals surface area contributed by atoms with Crippen molar-refractivity contribution in [2.45, 2.75) is 46.0 Å². The first-order chi connectivity index (χ1) is 9.34. The van der Waals surface area contributed by atoms with Crippen LogP contribution in [0.1, 0.15) is 44.5 Å². The second kappa shape index (κ2) is 7.07. The summed E-state index contributed by atoms with van der Waals surface area (Å²) >= 11 is 0. The molecule has 0 atom stereocenters. The standard InChI is InChI=1S/C14H23N3O3/c1-10-11(20-13(17-10)14(2,3)4)8-12(19)16-7-5-6-15-9-18/h9H,5-8H2,1-4H3,(H,15,18)(H,16,19). The summed E-state index contributed by atoms with van der Waals surface area (Å²) < 4.78 is 5.66. The van der Waals surface area contributed by atoms with Gasteiger partial charge in [-0.2, -0.15) is 0 Å². The van der Waals surface area contributed by atoms with E-state index in [4.69, 9.17) is 4.42 Å². The van der Waals surface area contributed by atoms with Crippen molar-refractivity contribution in [3.63, 3.8) is 0 Å². The monoisotopic (exact) mass is 281 g/mol. The smallest absolute Gasteiger partial charge is 0.227 e. The number of aromatic nitrogens is 1. The molecule has 0 saturated carbocycles. The van der Waals surface area contributed by atoms with Crippen LogP contribution in [0, 0.1) is 6.92 Å². The van der Waals surface area contributed by atoms with Crippen LogP contribution in [0.2, 0.25) is 0 Å². The first-order valence-electron chi connectivity index (χ1n) is 6.75. The molecular formula is C14H23N3O3. The number of carbonyl (C=O) groups is 2. The van der Waals surface area contributed by atoms with E-state index in [2.05, 4.69) is 15.6 Å². The lowest BCUT2D eigenvalue weighted by molar-refractivity contribution is -0.120. The quantitative estimate of drug-likeness (QED) is 0.578. The van der Waals surface area contributed by atoms with E-state index in [0.717, 1.165) is 5.69 Å². The highest BCUT2D eigenvalue weighted by Crippen LogP contribution is 2.23. The fraction of sp³-hybridized carbons (Fsp3) is 0.643. The van der Waals surface area contributed by atoms with Crippen LogP contribution < -0.4 is 10.6 Å².